The summed E-state index contributed by atoms with van der Waals surface area (Å²) in [4.78, 5) is 14.0. The molecule has 1 saturated heterocycles. The number of aliphatic hydroxyl groups is 1. The minimum atomic E-state index is -4.46. The SMILES string of the molecule is C=CC[C@@H]1C[C@@H](C(=O)OC)N(C(O)[C@@H](Nc2cccc(C(F)(F)F)c2)C(C)(C)C)C1. The van der Waals surface area contributed by atoms with Gasteiger partial charge in [-0.2, -0.15) is 13.2 Å². The third kappa shape index (κ3) is 5.76. The van der Waals surface area contributed by atoms with Crippen LogP contribution in [0.3, 0.4) is 0 Å². The van der Waals surface area contributed by atoms with Crippen molar-refractivity contribution in [3.8, 4) is 0 Å². The molecule has 8 heteroatoms. The third-order valence-electron chi connectivity index (χ3n) is 5.48. The molecule has 4 atom stereocenters. The fourth-order valence-electron chi connectivity index (χ4n) is 3.91. The minimum absolute atomic E-state index is 0.135. The van der Waals surface area contributed by atoms with Gasteiger partial charge in [0.25, 0.3) is 0 Å². The first-order valence-corrected chi connectivity index (χ1v) is 9.94. The van der Waals surface area contributed by atoms with Crippen molar-refractivity contribution in [2.45, 2.75) is 58.1 Å². The number of halogens is 3. The Morgan fingerprint density at radius 2 is 2.07 bits per heavy atom. The molecule has 0 aliphatic carbocycles. The second-order valence-electron chi connectivity index (χ2n) is 8.84. The number of rotatable bonds is 7. The molecule has 0 spiro atoms. The van der Waals surface area contributed by atoms with Crippen LogP contribution in [0.5, 0.6) is 0 Å². The second kappa shape index (κ2) is 9.39. The van der Waals surface area contributed by atoms with Gasteiger partial charge in [-0.05, 0) is 42.4 Å². The van der Waals surface area contributed by atoms with Gasteiger partial charge in [-0.3, -0.25) is 9.69 Å². The summed E-state index contributed by atoms with van der Waals surface area (Å²) in [7, 11) is 1.30. The van der Waals surface area contributed by atoms with Crippen molar-refractivity contribution in [2.75, 3.05) is 19.0 Å². The number of carbonyl (C=O) groups is 1. The van der Waals surface area contributed by atoms with E-state index < -0.39 is 41.4 Å². The highest BCUT2D eigenvalue weighted by Crippen LogP contribution is 2.35. The molecule has 1 aliphatic heterocycles. The van der Waals surface area contributed by atoms with Crippen LogP contribution in [0.4, 0.5) is 18.9 Å². The van der Waals surface area contributed by atoms with Crippen molar-refractivity contribution < 1.29 is 27.8 Å². The summed E-state index contributed by atoms with van der Waals surface area (Å²) in [6.07, 6.45) is -2.58. The maximum absolute atomic E-state index is 13.1. The zero-order valence-electron chi connectivity index (χ0n) is 17.9. The van der Waals surface area contributed by atoms with Crippen molar-refractivity contribution in [1.29, 1.82) is 0 Å². The van der Waals surface area contributed by atoms with Crippen molar-refractivity contribution in [2.24, 2.45) is 11.3 Å². The van der Waals surface area contributed by atoms with Crippen LogP contribution in [0.1, 0.15) is 39.2 Å². The van der Waals surface area contributed by atoms with Gasteiger partial charge in [0.1, 0.15) is 12.3 Å². The van der Waals surface area contributed by atoms with E-state index >= 15 is 0 Å². The van der Waals surface area contributed by atoms with E-state index in [1.54, 1.807) is 11.0 Å². The Morgan fingerprint density at radius 3 is 2.60 bits per heavy atom. The molecule has 0 bridgehead atoms. The number of hydrogen-bond donors (Lipinski definition) is 2. The summed E-state index contributed by atoms with van der Waals surface area (Å²) in [6, 6.07) is 3.61. The number of nitrogens with zero attached hydrogens (tertiary/aromatic N) is 1. The molecule has 168 valence electrons. The lowest BCUT2D eigenvalue weighted by Gasteiger charge is -2.41. The molecule has 30 heavy (non-hydrogen) atoms. The molecule has 1 aromatic rings. The van der Waals surface area contributed by atoms with Crippen LogP contribution >= 0.6 is 0 Å². The average Bonchev–Trinajstić information content (AvgIpc) is 3.08. The molecule has 1 fully saturated rings. The number of likely N-dealkylation sites (tertiary alicyclic amines) is 1. The summed E-state index contributed by atoms with van der Waals surface area (Å²) in [6.45, 7) is 9.85. The van der Waals surface area contributed by atoms with Crippen LogP contribution in [0.2, 0.25) is 0 Å². The van der Waals surface area contributed by atoms with E-state index in [9.17, 15) is 23.1 Å². The molecular formula is C22H31F3N2O3. The van der Waals surface area contributed by atoms with E-state index in [1.165, 1.54) is 19.2 Å². The first-order chi connectivity index (χ1) is 13.9. The number of alkyl halides is 3. The molecule has 5 nitrogen and oxygen atoms in total. The molecule has 0 amide bonds. The van der Waals surface area contributed by atoms with E-state index in [1.807, 2.05) is 20.8 Å². The lowest BCUT2D eigenvalue weighted by atomic mass is 9.84. The smallest absolute Gasteiger partial charge is 0.416 e. The molecule has 2 N–H and O–H groups in total. The summed E-state index contributed by atoms with van der Waals surface area (Å²) in [5.74, 6) is -0.303. The number of nitrogens with one attached hydrogen (secondary N) is 1. The number of allylic oxidation sites excluding steroid dienone is 1. The summed E-state index contributed by atoms with van der Waals surface area (Å²) in [5, 5.41) is 14.3. The van der Waals surface area contributed by atoms with Crippen LogP contribution in [0.25, 0.3) is 0 Å². The van der Waals surface area contributed by atoms with E-state index in [2.05, 4.69) is 11.9 Å². The number of carbonyl (C=O) groups excluding carboxylic acids is 1. The second-order valence-corrected chi connectivity index (χ2v) is 8.84. The number of methoxy groups -OCH3 is 1. The highest BCUT2D eigenvalue weighted by atomic mass is 19.4. The molecule has 1 aliphatic rings. The van der Waals surface area contributed by atoms with Crippen LogP contribution < -0.4 is 5.32 Å². The summed E-state index contributed by atoms with van der Waals surface area (Å²) >= 11 is 0. The topological polar surface area (TPSA) is 61.8 Å². The lowest BCUT2D eigenvalue weighted by Crippen LogP contribution is -2.55. The average molecular weight is 428 g/mol. The normalized spacial score (nSPS) is 22.4. The van der Waals surface area contributed by atoms with Crippen molar-refractivity contribution in [1.82, 2.24) is 4.90 Å². The van der Waals surface area contributed by atoms with Gasteiger partial charge in [-0.25, -0.2) is 0 Å². The minimum Gasteiger partial charge on any atom is -0.468 e. The Morgan fingerprint density at radius 1 is 1.40 bits per heavy atom. The summed E-state index contributed by atoms with van der Waals surface area (Å²) < 4.78 is 44.2. The molecule has 0 saturated carbocycles. The molecule has 1 aromatic carbocycles. The Balaban J connectivity index is 2.32. The van der Waals surface area contributed by atoms with Crippen LogP contribution in [-0.4, -0.2) is 47.9 Å². The maximum Gasteiger partial charge on any atom is 0.416 e. The highest BCUT2D eigenvalue weighted by Gasteiger charge is 2.45. The Bertz CT molecular complexity index is 746. The lowest BCUT2D eigenvalue weighted by molar-refractivity contribution is -0.151. The zero-order chi connectivity index (χ0) is 22.7. The van der Waals surface area contributed by atoms with Gasteiger partial charge < -0.3 is 15.2 Å². The predicted molar refractivity (Wildman–Crippen MR) is 110 cm³/mol. The van der Waals surface area contributed by atoms with Gasteiger partial charge in [-0.15, -0.1) is 6.58 Å². The van der Waals surface area contributed by atoms with Gasteiger partial charge in [0, 0.05) is 12.2 Å². The standard InChI is InChI=1S/C22H31F3N2O3/c1-6-8-14-11-17(20(29)30-5)27(13-14)19(28)18(21(2,3)4)26-16-10-7-9-15(12-16)22(23,24)25/h6-7,9-10,12,14,17-19,26,28H,1,8,11,13H2,2-5H3/t14-,17+,18-,19?/m1/s1. The number of esters is 1. The number of benzene rings is 1. The van der Waals surface area contributed by atoms with Crippen molar-refractivity contribution in [3.63, 3.8) is 0 Å². The number of hydrogen-bond acceptors (Lipinski definition) is 5. The molecule has 0 radical (unpaired) electrons. The quantitative estimate of drug-likeness (QED) is 0.501. The number of aliphatic hydroxyl groups excluding tert-OH is 1. The number of ether oxygens (including phenoxy) is 1. The van der Waals surface area contributed by atoms with Gasteiger partial charge in [-0.1, -0.05) is 32.9 Å². The molecule has 0 aromatic heterocycles. The molecular weight excluding hydrogens is 397 g/mol. The largest absolute Gasteiger partial charge is 0.468 e. The predicted octanol–water partition coefficient (Wildman–Crippen LogP) is 4.29. The van der Waals surface area contributed by atoms with Crippen molar-refractivity contribution >= 4 is 11.7 Å². The monoisotopic (exact) mass is 428 g/mol. The van der Waals surface area contributed by atoms with Crippen LogP contribution in [0.15, 0.2) is 36.9 Å². The first kappa shape index (κ1) is 24.2. The number of anilines is 1. The van der Waals surface area contributed by atoms with Gasteiger partial charge in [0.15, 0.2) is 0 Å². The van der Waals surface area contributed by atoms with E-state index in [0.717, 1.165) is 12.1 Å². The third-order valence-corrected chi connectivity index (χ3v) is 5.48. The molecule has 1 heterocycles. The Kier molecular flexibility index (Phi) is 7.58. The first-order valence-electron chi connectivity index (χ1n) is 9.94. The van der Waals surface area contributed by atoms with E-state index in [4.69, 9.17) is 4.74 Å². The van der Waals surface area contributed by atoms with E-state index in [0.29, 0.717) is 19.4 Å². The fourth-order valence-corrected chi connectivity index (χ4v) is 3.91. The fraction of sp³-hybridized carbons (Fsp3) is 0.591. The summed E-state index contributed by atoms with van der Waals surface area (Å²) in [5.41, 5.74) is -1.04. The maximum atomic E-state index is 13.1. The zero-order valence-corrected chi connectivity index (χ0v) is 17.9. The van der Waals surface area contributed by atoms with E-state index in [-0.39, 0.29) is 11.6 Å². The van der Waals surface area contributed by atoms with Gasteiger partial charge >= 0.3 is 12.1 Å². The van der Waals surface area contributed by atoms with Crippen LogP contribution in [0, 0.1) is 11.3 Å². The molecule has 1 unspecified atom stereocenters. The molecule has 2 rings (SSSR count). The highest BCUT2D eigenvalue weighted by molar-refractivity contribution is 5.76. The Labute approximate surface area is 175 Å². The van der Waals surface area contributed by atoms with Gasteiger partial charge in [0.2, 0.25) is 0 Å². The Hall–Kier alpha value is -2.06. The van der Waals surface area contributed by atoms with Crippen molar-refractivity contribution in [3.05, 3.63) is 42.5 Å². The van der Waals surface area contributed by atoms with Crippen LogP contribution in [-0.2, 0) is 15.7 Å². The van der Waals surface area contributed by atoms with Gasteiger partial charge in [0.05, 0.1) is 18.7 Å².